The minimum Gasteiger partial charge on any atom is -0.494 e. The monoisotopic (exact) mass is 371 g/mol. The van der Waals surface area contributed by atoms with E-state index in [0.29, 0.717) is 17.9 Å². The molecule has 0 saturated carbocycles. The first kappa shape index (κ1) is 17.8. The van der Waals surface area contributed by atoms with E-state index in [1.807, 2.05) is 50.2 Å². The minimum absolute atomic E-state index is 0.178. The van der Waals surface area contributed by atoms with E-state index in [1.165, 1.54) is 5.56 Å². The fourth-order valence-electron chi connectivity index (χ4n) is 3.11. The Kier molecular flexibility index (Phi) is 4.81. The molecule has 2 N–H and O–H groups in total. The first-order valence-electron chi connectivity index (χ1n) is 9.24. The average Bonchev–Trinajstić information content (AvgIpc) is 3.12. The molecule has 4 aromatic rings. The molecule has 0 fully saturated rings. The van der Waals surface area contributed by atoms with Crippen LogP contribution in [-0.4, -0.2) is 22.5 Å². The van der Waals surface area contributed by atoms with Gasteiger partial charge in [-0.2, -0.15) is 0 Å². The normalized spacial score (nSPS) is 10.8. The van der Waals surface area contributed by atoms with Crippen molar-refractivity contribution in [2.45, 2.75) is 13.8 Å². The quantitative estimate of drug-likeness (QED) is 0.507. The van der Waals surface area contributed by atoms with Gasteiger partial charge in [0.2, 0.25) is 0 Å². The molecule has 0 spiro atoms. The number of carbonyl (C=O) groups is 1. The molecule has 3 aromatic carbocycles. The number of aryl methyl sites for hydroxylation is 1. The standard InChI is InChI=1S/C23H21N3O2/c1-3-28-17-11-9-16(10-12-17)23(27)26-19-7-5-4-6-18(19)22-24-20-13-8-15(2)14-21(20)25-22/h4-14H,3H2,1-2H3,(H,24,25)(H,26,27). The van der Waals surface area contributed by atoms with Crippen LogP contribution in [0.4, 0.5) is 5.69 Å². The molecule has 1 amide bonds. The van der Waals surface area contributed by atoms with Gasteiger partial charge in [0.25, 0.3) is 5.91 Å². The molecular weight excluding hydrogens is 350 g/mol. The highest BCUT2D eigenvalue weighted by molar-refractivity contribution is 6.06. The zero-order valence-electron chi connectivity index (χ0n) is 15.8. The summed E-state index contributed by atoms with van der Waals surface area (Å²) >= 11 is 0. The Morgan fingerprint density at radius 2 is 1.86 bits per heavy atom. The third-order valence-electron chi connectivity index (χ3n) is 4.50. The number of fused-ring (bicyclic) bond motifs is 1. The predicted molar refractivity (Wildman–Crippen MR) is 112 cm³/mol. The Balaban J connectivity index is 1.62. The Hall–Kier alpha value is -3.60. The summed E-state index contributed by atoms with van der Waals surface area (Å²) in [5.74, 6) is 1.29. The second-order valence-corrected chi connectivity index (χ2v) is 6.56. The maximum atomic E-state index is 12.7. The zero-order valence-corrected chi connectivity index (χ0v) is 15.8. The Morgan fingerprint density at radius 1 is 1.07 bits per heavy atom. The van der Waals surface area contributed by atoms with Gasteiger partial charge in [0.05, 0.1) is 23.3 Å². The van der Waals surface area contributed by atoms with Crippen molar-refractivity contribution in [3.63, 3.8) is 0 Å². The molecule has 0 aliphatic heterocycles. The first-order chi connectivity index (χ1) is 13.6. The van der Waals surface area contributed by atoms with Crippen LogP contribution in [0.3, 0.4) is 0 Å². The number of benzene rings is 3. The van der Waals surface area contributed by atoms with Crippen molar-refractivity contribution in [1.29, 1.82) is 0 Å². The van der Waals surface area contributed by atoms with Crippen LogP contribution in [0.2, 0.25) is 0 Å². The van der Waals surface area contributed by atoms with E-state index in [4.69, 9.17) is 4.74 Å². The molecule has 0 radical (unpaired) electrons. The molecule has 0 saturated heterocycles. The van der Waals surface area contributed by atoms with E-state index < -0.39 is 0 Å². The Labute approximate surface area is 163 Å². The van der Waals surface area contributed by atoms with Gasteiger partial charge in [-0.3, -0.25) is 4.79 Å². The maximum absolute atomic E-state index is 12.7. The number of anilines is 1. The molecule has 140 valence electrons. The number of nitrogens with one attached hydrogen (secondary N) is 2. The van der Waals surface area contributed by atoms with Crippen LogP contribution in [0.5, 0.6) is 5.75 Å². The van der Waals surface area contributed by atoms with Crippen LogP contribution >= 0.6 is 0 Å². The summed E-state index contributed by atoms with van der Waals surface area (Å²) in [6.45, 7) is 4.57. The molecule has 0 unspecified atom stereocenters. The summed E-state index contributed by atoms with van der Waals surface area (Å²) in [6, 6.07) is 20.8. The molecule has 1 heterocycles. The van der Waals surface area contributed by atoms with Crippen molar-refractivity contribution in [1.82, 2.24) is 9.97 Å². The van der Waals surface area contributed by atoms with Gasteiger partial charge in [0.15, 0.2) is 0 Å². The molecule has 1 aromatic heterocycles. The summed E-state index contributed by atoms with van der Waals surface area (Å²) < 4.78 is 5.43. The number of hydrogen-bond acceptors (Lipinski definition) is 3. The summed E-state index contributed by atoms with van der Waals surface area (Å²) in [5, 5.41) is 2.99. The lowest BCUT2D eigenvalue weighted by Gasteiger charge is -2.10. The van der Waals surface area contributed by atoms with Crippen LogP contribution in [0.1, 0.15) is 22.8 Å². The van der Waals surface area contributed by atoms with Crippen LogP contribution in [0.15, 0.2) is 66.7 Å². The van der Waals surface area contributed by atoms with E-state index in [1.54, 1.807) is 24.3 Å². The molecule has 5 nitrogen and oxygen atoms in total. The molecule has 0 bridgehead atoms. The highest BCUT2D eigenvalue weighted by atomic mass is 16.5. The number of imidazole rings is 1. The van der Waals surface area contributed by atoms with Gasteiger partial charge in [0, 0.05) is 11.1 Å². The summed E-state index contributed by atoms with van der Waals surface area (Å²) in [6.07, 6.45) is 0. The molecule has 4 rings (SSSR count). The maximum Gasteiger partial charge on any atom is 0.255 e. The number of amides is 1. The number of ether oxygens (including phenoxy) is 1. The van der Waals surface area contributed by atoms with Crippen LogP contribution < -0.4 is 10.1 Å². The van der Waals surface area contributed by atoms with Gasteiger partial charge in [-0.25, -0.2) is 4.98 Å². The van der Waals surface area contributed by atoms with Crippen LogP contribution in [-0.2, 0) is 0 Å². The molecule has 5 heteroatoms. The van der Waals surface area contributed by atoms with Gasteiger partial charge in [-0.1, -0.05) is 18.2 Å². The number of aromatic nitrogens is 2. The lowest BCUT2D eigenvalue weighted by molar-refractivity contribution is 0.102. The van der Waals surface area contributed by atoms with E-state index in [-0.39, 0.29) is 5.91 Å². The van der Waals surface area contributed by atoms with Gasteiger partial charge in [-0.15, -0.1) is 0 Å². The summed E-state index contributed by atoms with van der Waals surface area (Å²) in [5.41, 5.74) is 5.15. The van der Waals surface area contributed by atoms with Crippen molar-refractivity contribution >= 4 is 22.6 Å². The third-order valence-corrected chi connectivity index (χ3v) is 4.50. The second-order valence-electron chi connectivity index (χ2n) is 6.56. The van der Waals surface area contributed by atoms with Gasteiger partial charge < -0.3 is 15.0 Å². The van der Waals surface area contributed by atoms with Crippen LogP contribution in [0.25, 0.3) is 22.4 Å². The molecule has 0 aliphatic carbocycles. The van der Waals surface area contributed by atoms with E-state index in [2.05, 4.69) is 21.4 Å². The average molecular weight is 371 g/mol. The van der Waals surface area contributed by atoms with Crippen molar-refractivity contribution < 1.29 is 9.53 Å². The number of carbonyl (C=O) groups excluding carboxylic acids is 1. The highest BCUT2D eigenvalue weighted by Gasteiger charge is 2.13. The number of aromatic amines is 1. The van der Waals surface area contributed by atoms with Crippen molar-refractivity contribution in [3.05, 3.63) is 77.9 Å². The Morgan fingerprint density at radius 3 is 2.64 bits per heavy atom. The molecule has 0 atom stereocenters. The lowest BCUT2D eigenvalue weighted by Crippen LogP contribution is -2.12. The lowest BCUT2D eigenvalue weighted by atomic mass is 10.1. The van der Waals surface area contributed by atoms with E-state index in [9.17, 15) is 4.79 Å². The minimum atomic E-state index is -0.178. The SMILES string of the molecule is CCOc1ccc(C(=O)Nc2ccccc2-c2nc3ccc(C)cc3[nH]2)cc1. The fourth-order valence-corrected chi connectivity index (χ4v) is 3.11. The van der Waals surface area contributed by atoms with Gasteiger partial charge in [-0.05, 0) is 67.9 Å². The van der Waals surface area contributed by atoms with Crippen molar-refractivity contribution in [2.75, 3.05) is 11.9 Å². The number of hydrogen-bond donors (Lipinski definition) is 2. The highest BCUT2D eigenvalue weighted by Crippen LogP contribution is 2.28. The van der Waals surface area contributed by atoms with Gasteiger partial charge in [0.1, 0.15) is 11.6 Å². The first-order valence-corrected chi connectivity index (χ1v) is 9.24. The number of H-pyrrole nitrogens is 1. The zero-order chi connectivity index (χ0) is 19.5. The fraction of sp³-hybridized carbons (Fsp3) is 0.130. The largest absolute Gasteiger partial charge is 0.494 e. The summed E-state index contributed by atoms with van der Waals surface area (Å²) in [4.78, 5) is 20.7. The van der Waals surface area contributed by atoms with Gasteiger partial charge >= 0.3 is 0 Å². The van der Waals surface area contributed by atoms with E-state index in [0.717, 1.165) is 28.2 Å². The van der Waals surface area contributed by atoms with E-state index >= 15 is 0 Å². The number of nitrogens with zero attached hydrogens (tertiary/aromatic N) is 1. The topological polar surface area (TPSA) is 67.0 Å². The number of rotatable bonds is 5. The molecule has 0 aliphatic rings. The van der Waals surface area contributed by atoms with Crippen molar-refractivity contribution in [2.24, 2.45) is 0 Å². The smallest absolute Gasteiger partial charge is 0.255 e. The second kappa shape index (κ2) is 7.56. The third kappa shape index (κ3) is 3.60. The predicted octanol–water partition coefficient (Wildman–Crippen LogP) is 5.19. The van der Waals surface area contributed by atoms with Crippen LogP contribution in [0, 0.1) is 6.92 Å². The Bertz CT molecular complexity index is 1130. The molecule has 28 heavy (non-hydrogen) atoms. The molecular formula is C23H21N3O2. The number of para-hydroxylation sites is 1. The van der Waals surface area contributed by atoms with Crippen molar-refractivity contribution in [3.8, 4) is 17.1 Å². The summed E-state index contributed by atoms with van der Waals surface area (Å²) in [7, 11) is 0.